The highest BCUT2D eigenvalue weighted by atomic mass is 35.5. The van der Waals surface area contributed by atoms with Gasteiger partial charge in [-0.15, -0.1) is 0 Å². The molecule has 2 rings (SSSR count). The van der Waals surface area contributed by atoms with Crippen molar-refractivity contribution in [3.05, 3.63) is 0 Å². The highest BCUT2D eigenvalue weighted by molar-refractivity contribution is 6.23. The van der Waals surface area contributed by atoms with Gasteiger partial charge in [0.1, 0.15) is 0 Å². The van der Waals surface area contributed by atoms with Crippen LogP contribution in [0.1, 0.15) is 39.5 Å². The normalized spacial score (nSPS) is 30.4. The van der Waals surface area contributed by atoms with E-state index >= 15 is 0 Å². The monoisotopic (exact) mass is 200 g/mol. The summed E-state index contributed by atoms with van der Waals surface area (Å²) in [6, 6.07) is 0.386. The molecule has 0 aromatic rings. The van der Waals surface area contributed by atoms with Crippen molar-refractivity contribution in [2.24, 2.45) is 22.1 Å². The van der Waals surface area contributed by atoms with Gasteiger partial charge in [0.2, 0.25) is 0 Å². The number of azo groups is 1. The van der Waals surface area contributed by atoms with E-state index in [4.69, 9.17) is 11.6 Å². The van der Waals surface area contributed by atoms with Crippen LogP contribution < -0.4 is 0 Å². The fourth-order valence-corrected chi connectivity index (χ4v) is 1.83. The third kappa shape index (κ3) is 2.43. The second kappa shape index (κ2) is 3.23. The van der Waals surface area contributed by atoms with E-state index in [0.717, 1.165) is 5.92 Å². The van der Waals surface area contributed by atoms with E-state index in [2.05, 4.69) is 17.2 Å². The first-order valence-corrected chi connectivity index (χ1v) is 5.58. The van der Waals surface area contributed by atoms with E-state index in [0.29, 0.717) is 12.0 Å². The van der Waals surface area contributed by atoms with Gasteiger partial charge < -0.3 is 0 Å². The van der Waals surface area contributed by atoms with E-state index in [9.17, 15) is 0 Å². The van der Waals surface area contributed by atoms with Gasteiger partial charge in [-0.2, -0.15) is 10.2 Å². The van der Waals surface area contributed by atoms with Gasteiger partial charge in [-0.05, 0) is 51.4 Å². The third-order valence-electron chi connectivity index (χ3n) is 3.06. The fraction of sp³-hybridized carbons (Fsp3) is 1.00. The molecule has 2 unspecified atom stereocenters. The Bertz CT molecular complexity index is 217. The first kappa shape index (κ1) is 9.45. The Labute approximate surface area is 84.8 Å². The van der Waals surface area contributed by atoms with E-state index in [1.165, 1.54) is 25.7 Å². The maximum Gasteiger partial charge on any atom is 0.154 e. The average Bonchev–Trinajstić information content (AvgIpc) is 2.89. The van der Waals surface area contributed by atoms with Gasteiger partial charge in [0.05, 0.1) is 6.04 Å². The van der Waals surface area contributed by atoms with Crippen LogP contribution in [0.4, 0.5) is 0 Å². The standard InChI is InChI=1S/C10H17ClN2/c1-7(8-3-4-8)12-13-10(2,11)9-5-6-9/h7-9H,3-6H2,1-2H3/b13-12+. The summed E-state index contributed by atoms with van der Waals surface area (Å²) in [5.74, 6) is 1.36. The second-order valence-corrected chi connectivity index (χ2v) is 5.36. The quantitative estimate of drug-likeness (QED) is 0.376. The van der Waals surface area contributed by atoms with Gasteiger partial charge in [-0.25, -0.2) is 0 Å². The Morgan fingerprint density at radius 3 is 2.38 bits per heavy atom. The lowest BCUT2D eigenvalue weighted by atomic mass is 10.2. The lowest BCUT2D eigenvalue weighted by Crippen LogP contribution is -2.16. The Kier molecular flexibility index (Phi) is 2.35. The van der Waals surface area contributed by atoms with Crippen LogP contribution in [-0.4, -0.2) is 11.0 Å². The van der Waals surface area contributed by atoms with Crippen LogP contribution in [0.25, 0.3) is 0 Å². The van der Waals surface area contributed by atoms with Crippen molar-refractivity contribution in [3.63, 3.8) is 0 Å². The first-order valence-electron chi connectivity index (χ1n) is 5.20. The van der Waals surface area contributed by atoms with Crippen LogP contribution >= 0.6 is 11.6 Å². The maximum atomic E-state index is 6.24. The van der Waals surface area contributed by atoms with Gasteiger partial charge in [0, 0.05) is 0 Å². The molecule has 2 fully saturated rings. The molecule has 0 amide bonds. The number of rotatable bonds is 4. The van der Waals surface area contributed by atoms with Crippen molar-refractivity contribution < 1.29 is 0 Å². The van der Waals surface area contributed by atoms with Crippen molar-refractivity contribution in [2.75, 3.05) is 0 Å². The summed E-state index contributed by atoms with van der Waals surface area (Å²) in [6.45, 7) is 4.12. The van der Waals surface area contributed by atoms with Crippen molar-refractivity contribution in [1.82, 2.24) is 0 Å². The second-order valence-electron chi connectivity index (χ2n) is 4.59. The summed E-state index contributed by atoms with van der Waals surface area (Å²) in [5, 5.41) is 8.58. The van der Waals surface area contributed by atoms with Gasteiger partial charge in [0.25, 0.3) is 0 Å². The Balaban J connectivity index is 1.86. The average molecular weight is 201 g/mol. The molecule has 0 saturated heterocycles. The zero-order chi connectivity index (χ0) is 9.47. The van der Waals surface area contributed by atoms with E-state index < -0.39 is 5.00 Å². The van der Waals surface area contributed by atoms with Crippen molar-refractivity contribution in [3.8, 4) is 0 Å². The number of hydrogen-bond acceptors (Lipinski definition) is 2. The zero-order valence-electron chi connectivity index (χ0n) is 8.33. The molecule has 2 nitrogen and oxygen atoms in total. The van der Waals surface area contributed by atoms with Gasteiger partial charge in [-0.3, -0.25) is 0 Å². The third-order valence-corrected chi connectivity index (χ3v) is 3.45. The molecule has 2 aliphatic rings. The van der Waals surface area contributed by atoms with Gasteiger partial charge in [-0.1, -0.05) is 11.6 Å². The number of halogens is 1. The molecule has 2 atom stereocenters. The predicted octanol–water partition coefficient (Wildman–Crippen LogP) is 3.60. The molecule has 0 N–H and O–H groups in total. The smallest absolute Gasteiger partial charge is 0.154 e. The number of alkyl halides is 1. The van der Waals surface area contributed by atoms with Crippen LogP contribution in [0.5, 0.6) is 0 Å². The number of hydrogen-bond donors (Lipinski definition) is 0. The minimum atomic E-state index is -0.414. The van der Waals surface area contributed by atoms with Crippen molar-refractivity contribution in [2.45, 2.75) is 50.6 Å². The van der Waals surface area contributed by atoms with E-state index in [1.807, 2.05) is 6.92 Å². The molecule has 74 valence electrons. The predicted molar refractivity (Wildman–Crippen MR) is 54.0 cm³/mol. The lowest BCUT2D eigenvalue weighted by molar-refractivity contribution is 0.505. The van der Waals surface area contributed by atoms with E-state index in [-0.39, 0.29) is 0 Å². The molecular formula is C10H17ClN2. The molecular weight excluding hydrogens is 184 g/mol. The molecule has 2 aliphatic carbocycles. The molecule has 0 aromatic heterocycles. The molecule has 2 saturated carbocycles. The van der Waals surface area contributed by atoms with Crippen LogP contribution in [0, 0.1) is 11.8 Å². The summed E-state index contributed by atoms with van der Waals surface area (Å²) in [4.78, 5) is -0.414. The first-order chi connectivity index (χ1) is 6.09. The van der Waals surface area contributed by atoms with Crippen molar-refractivity contribution in [1.29, 1.82) is 0 Å². The topological polar surface area (TPSA) is 24.7 Å². The molecule has 0 radical (unpaired) electrons. The minimum Gasteiger partial charge on any atom is -0.189 e. The van der Waals surface area contributed by atoms with Gasteiger partial charge >= 0.3 is 0 Å². The summed E-state index contributed by atoms with van der Waals surface area (Å²) >= 11 is 6.24. The molecule has 0 aromatic carbocycles. The highest BCUT2D eigenvalue weighted by Gasteiger charge is 2.40. The van der Waals surface area contributed by atoms with Gasteiger partial charge in [0.15, 0.2) is 5.00 Å². The summed E-state index contributed by atoms with van der Waals surface area (Å²) < 4.78 is 0. The summed E-state index contributed by atoms with van der Waals surface area (Å²) in [7, 11) is 0. The fourth-order valence-electron chi connectivity index (χ4n) is 1.57. The Morgan fingerprint density at radius 2 is 1.92 bits per heavy atom. The molecule has 3 heteroatoms. The lowest BCUT2D eigenvalue weighted by Gasteiger charge is -2.14. The largest absolute Gasteiger partial charge is 0.189 e. The molecule has 0 spiro atoms. The van der Waals surface area contributed by atoms with Crippen LogP contribution in [-0.2, 0) is 0 Å². The number of nitrogens with zero attached hydrogens (tertiary/aromatic N) is 2. The van der Waals surface area contributed by atoms with Crippen LogP contribution in [0.2, 0.25) is 0 Å². The highest BCUT2D eigenvalue weighted by Crippen LogP contribution is 2.45. The minimum absolute atomic E-state index is 0.386. The molecule has 13 heavy (non-hydrogen) atoms. The van der Waals surface area contributed by atoms with Crippen molar-refractivity contribution >= 4 is 11.6 Å². The SMILES string of the molecule is CC(/N=N/C(C)(Cl)C1CC1)C1CC1. The van der Waals surface area contributed by atoms with E-state index in [1.54, 1.807) is 0 Å². The molecule has 0 bridgehead atoms. The Morgan fingerprint density at radius 1 is 1.31 bits per heavy atom. The molecule has 0 aliphatic heterocycles. The van der Waals surface area contributed by atoms with Crippen LogP contribution in [0.3, 0.4) is 0 Å². The summed E-state index contributed by atoms with van der Waals surface area (Å²) in [6.07, 6.45) is 5.08. The summed E-state index contributed by atoms with van der Waals surface area (Å²) in [5.41, 5.74) is 0. The van der Waals surface area contributed by atoms with Crippen LogP contribution in [0.15, 0.2) is 10.2 Å². The zero-order valence-corrected chi connectivity index (χ0v) is 9.09. The molecule has 0 heterocycles. The maximum absolute atomic E-state index is 6.24. The Hall–Kier alpha value is -0.110.